The van der Waals surface area contributed by atoms with Crippen LogP contribution in [-0.2, 0) is 11.2 Å². The van der Waals surface area contributed by atoms with Crippen molar-refractivity contribution in [3.63, 3.8) is 0 Å². The normalized spacial score (nSPS) is 15.7. The molecule has 1 unspecified atom stereocenters. The van der Waals surface area contributed by atoms with Crippen LogP contribution in [0.3, 0.4) is 0 Å². The highest BCUT2D eigenvalue weighted by Crippen LogP contribution is 2.30. The van der Waals surface area contributed by atoms with E-state index in [2.05, 4.69) is 34.5 Å². The van der Waals surface area contributed by atoms with Crippen molar-refractivity contribution in [2.45, 2.75) is 12.5 Å². The van der Waals surface area contributed by atoms with Gasteiger partial charge < -0.3 is 19.7 Å². The van der Waals surface area contributed by atoms with Crippen molar-refractivity contribution in [1.82, 2.24) is 5.32 Å². The minimum absolute atomic E-state index is 0.144. The Labute approximate surface area is 142 Å². The minimum Gasteiger partial charge on any atom is -0.485 e. The topological polar surface area (TPSA) is 50.8 Å². The van der Waals surface area contributed by atoms with Crippen molar-refractivity contribution >= 4 is 11.6 Å². The van der Waals surface area contributed by atoms with Gasteiger partial charge in [-0.1, -0.05) is 24.3 Å². The fraction of sp³-hybridized carbons (Fsp3) is 0.316. The third-order valence-corrected chi connectivity index (χ3v) is 3.97. The van der Waals surface area contributed by atoms with Crippen LogP contribution in [0.4, 0.5) is 5.69 Å². The number of amides is 1. The summed E-state index contributed by atoms with van der Waals surface area (Å²) in [5.41, 5.74) is 2.35. The maximum absolute atomic E-state index is 12.2. The van der Waals surface area contributed by atoms with E-state index >= 15 is 0 Å². The average Bonchev–Trinajstić information content (AvgIpc) is 2.61. The number of fused-ring (bicyclic) bond motifs is 1. The molecule has 1 heterocycles. The van der Waals surface area contributed by atoms with Gasteiger partial charge in [0.05, 0.1) is 0 Å². The molecule has 24 heavy (non-hydrogen) atoms. The zero-order valence-corrected chi connectivity index (χ0v) is 14.0. The first-order valence-corrected chi connectivity index (χ1v) is 8.06. The average molecular weight is 326 g/mol. The van der Waals surface area contributed by atoms with Crippen LogP contribution in [0.5, 0.6) is 11.5 Å². The Morgan fingerprint density at radius 3 is 2.54 bits per heavy atom. The SMILES string of the molecule is CN(C)c1ccc(CCNC(=O)C2COc3ccccc3O2)cc1. The maximum atomic E-state index is 12.2. The highest BCUT2D eigenvalue weighted by atomic mass is 16.6. The molecule has 0 aliphatic carbocycles. The zero-order valence-electron chi connectivity index (χ0n) is 14.0. The quantitative estimate of drug-likeness (QED) is 0.916. The van der Waals surface area contributed by atoms with Gasteiger partial charge in [0, 0.05) is 26.3 Å². The Hall–Kier alpha value is -2.69. The van der Waals surface area contributed by atoms with E-state index in [-0.39, 0.29) is 12.5 Å². The molecule has 5 nitrogen and oxygen atoms in total. The fourth-order valence-electron chi connectivity index (χ4n) is 2.55. The van der Waals surface area contributed by atoms with E-state index in [0.29, 0.717) is 18.0 Å². The Kier molecular flexibility index (Phi) is 4.89. The van der Waals surface area contributed by atoms with Crippen LogP contribution >= 0.6 is 0 Å². The van der Waals surface area contributed by atoms with Crippen LogP contribution in [0.15, 0.2) is 48.5 Å². The van der Waals surface area contributed by atoms with Crippen LogP contribution in [-0.4, -0.2) is 39.3 Å². The third kappa shape index (κ3) is 3.79. The number of carbonyl (C=O) groups is 1. The summed E-state index contributed by atoms with van der Waals surface area (Å²) in [6.45, 7) is 0.808. The number of carbonyl (C=O) groups excluding carboxylic acids is 1. The van der Waals surface area contributed by atoms with Crippen molar-refractivity contribution in [2.75, 3.05) is 32.1 Å². The molecule has 0 radical (unpaired) electrons. The minimum atomic E-state index is -0.601. The summed E-state index contributed by atoms with van der Waals surface area (Å²) in [5.74, 6) is 1.15. The van der Waals surface area contributed by atoms with Gasteiger partial charge in [-0.05, 0) is 36.2 Å². The molecule has 3 rings (SSSR count). The highest BCUT2D eigenvalue weighted by Gasteiger charge is 2.26. The monoisotopic (exact) mass is 326 g/mol. The van der Waals surface area contributed by atoms with Crippen LogP contribution < -0.4 is 19.7 Å². The standard InChI is InChI=1S/C19H22N2O3/c1-21(2)15-9-7-14(8-10-15)11-12-20-19(22)18-13-23-16-5-3-4-6-17(16)24-18/h3-10,18H,11-13H2,1-2H3,(H,20,22). The molecule has 0 saturated carbocycles. The summed E-state index contributed by atoms with van der Waals surface area (Å²) < 4.78 is 11.3. The lowest BCUT2D eigenvalue weighted by Gasteiger charge is -2.25. The fourth-order valence-corrected chi connectivity index (χ4v) is 2.55. The van der Waals surface area contributed by atoms with E-state index in [1.807, 2.05) is 32.3 Å². The number of ether oxygens (including phenoxy) is 2. The van der Waals surface area contributed by atoms with Gasteiger partial charge in [0.25, 0.3) is 5.91 Å². The number of rotatable bonds is 5. The summed E-state index contributed by atoms with van der Waals surface area (Å²) in [4.78, 5) is 14.3. The van der Waals surface area contributed by atoms with E-state index in [1.54, 1.807) is 6.07 Å². The molecule has 0 aromatic heterocycles. The van der Waals surface area contributed by atoms with Gasteiger partial charge in [-0.3, -0.25) is 4.79 Å². The predicted molar refractivity (Wildman–Crippen MR) is 93.8 cm³/mol. The molecule has 1 atom stereocenters. The number of para-hydroxylation sites is 2. The summed E-state index contributed by atoms with van der Waals surface area (Å²) in [6, 6.07) is 15.7. The second-order valence-electron chi connectivity index (χ2n) is 5.97. The van der Waals surface area contributed by atoms with Crippen molar-refractivity contribution in [1.29, 1.82) is 0 Å². The van der Waals surface area contributed by atoms with E-state index in [0.717, 1.165) is 12.1 Å². The number of benzene rings is 2. The van der Waals surface area contributed by atoms with Gasteiger partial charge in [-0.15, -0.1) is 0 Å². The molecule has 0 fully saturated rings. The highest BCUT2D eigenvalue weighted by molar-refractivity contribution is 5.81. The number of anilines is 1. The first kappa shape index (κ1) is 16.2. The first-order valence-electron chi connectivity index (χ1n) is 8.06. The Morgan fingerprint density at radius 1 is 1.12 bits per heavy atom. The van der Waals surface area contributed by atoms with Crippen LogP contribution in [0.2, 0.25) is 0 Å². The first-order chi connectivity index (χ1) is 11.6. The van der Waals surface area contributed by atoms with Crippen LogP contribution in [0, 0.1) is 0 Å². The molecular formula is C19H22N2O3. The Balaban J connectivity index is 1.48. The van der Waals surface area contributed by atoms with Gasteiger partial charge in [-0.25, -0.2) is 0 Å². The van der Waals surface area contributed by atoms with Gasteiger partial charge in [-0.2, -0.15) is 0 Å². The summed E-state index contributed by atoms with van der Waals surface area (Å²) in [5, 5.41) is 2.91. The molecule has 0 bridgehead atoms. The molecule has 1 aliphatic rings. The van der Waals surface area contributed by atoms with Crippen molar-refractivity contribution < 1.29 is 14.3 Å². The molecule has 0 saturated heterocycles. The second-order valence-corrected chi connectivity index (χ2v) is 5.97. The summed E-state index contributed by atoms with van der Waals surface area (Å²) in [6.07, 6.45) is 0.180. The lowest BCUT2D eigenvalue weighted by atomic mass is 10.1. The van der Waals surface area contributed by atoms with E-state index < -0.39 is 6.10 Å². The summed E-state index contributed by atoms with van der Waals surface area (Å²) >= 11 is 0. The molecule has 2 aromatic rings. The van der Waals surface area contributed by atoms with Crippen molar-refractivity contribution in [3.8, 4) is 11.5 Å². The van der Waals surface area contributed by atoms with Gasteiger partial charge in [0.2, 0.25) is 6.10 Å². The molecule has 5 heteroatoms. The lowest BCUT2D eigenvalue weighted by molar-refractivity contribution is -0.130. The van der Waals surface area contributed by atoms with Gasteiger partial charge in [0.15, 0.2) is 11.5 Å². The molecule has 2 aromatic carbocycles. The zero-order chi connectivity index (χ0) is 16.9. The van der Waals surface area contributed by atoms with Crippen molar-refractivity contribution in [2.24, 2.45) is 0 Å². The molecular weight excluding hydrogens is 304 g/mol. The smallest absolute Gasteiger partial charge is 0.264 e. The molecule has 1 N–H and O–H groups in total. The van der Waals surface area contributed by atoms with E-state index in [1.165, 1.54) is 5.56 Å². The largest absolute Gasteiger partial charge is 0.485 e. The Morgan fingerprint density at radius 2 is 1.83 bits per heavy atom. The summed E-state index contributed by atoms with van der Waals surface area (Å²) in [7, 11) is 4.03. The van der Waals surface area contributed by atoms with Crippen LogP contribution in [0.1, 0.15) is 5.56 Å². The number of nitrogens with one attached hydrogen (secondary N) is 1. The number of hydrogen-bond acceptors (Lipinski definition) is 4. The molecule has 1 aliphatic heterocycles. The maximum Gasteiger partial charge on any atom is 0.264 e. The molecule has 1 amide bonds. The van der Waals surface area contributed by atoms with Crippen molar-refractivity contribution in [3.05, 3.63) is 54.1 Å². The second kappa shape index (κ2) is 7.25. The van der Waals surface area contributed by atoms with E-state index in [9.17, 15) is 4.79 Å². The number of nitrogens with zero attached hydrogens (tertiary/aromatic N) is 1. The molecule has 0 spiro atoms. The van der Waals surface area contributed by atoms with Crippen LogP contribution in [0.25, 0.3) is 0 Å². The Bertz CT molecular complexity index is 698. The van der Waals surface area contributed by atoms with Gasteiger partial charge >= 0.3 is 0 Å². The van der Waals surface area contributed by atoms with E-state index in [4.69, 9.17) is 9.47 Å². The lowest BCUT2D eigenvalue weighted by Crippen LogP contribution is -2.44. The molecule has 126 valence electrons. The third-order valence-electron chi connectivity index (χ3n) is 3.97. The number of hydrogen-bond donors (Lipinski definition) is 1. The predicted octanol–water partition coefficient (Wildman–Crippen LogP) is 2.25. The van der Waals surface area contributed by atoms with Gasteiger partial charge in [0.1, 0.15) is 6.61 Å².